The van der Waals surface area contributed by atoms with Crippen LogP contribution in [0.15, 0.2) is 22.3 Å². The summed E-state index contributed by atoms with van der Waals surface area (Å²) >= 11 is 0. The SMILES string of the molecule is O=C1C=CN=C2OCN=C12. The van der Waals surface area contributed by atoms with Crippen LogP contribution < -0.4 is 0 Å². The maximum atomic E-state index is 10.9. The lowest BCUT2D eigenvalue weighted by Crippen LogP contribution is -2.21. The van der Waals surface area contributed by atoms with Gasteiger partial charge in [-0.15, -0.1) is 0 Å². The van der Waals surface area contributed by atoms with Crippen molar-refractivity contribution in [2.24, 2.45) is 9.98 Å². The molecule has 0 spiro atoms. The Kier molecular flexibility index (Phi) is 0.943. The smallest absolute Gasteiger partial charge is 0.245 e. The van der Waals surface area contributed by atoms with Crippen molar-refractivity contribution in [3.05, 3.63) is 12.3 Å². The minimum Gasteiger partial charge on any atom is -0.453 e. The summed E-state index contributed by atoms with van der Waals surface area (Å²) in [6, 6.07) is 0. The van der Waals surface area contributed by atoms with Crippen LogP contribution in [-0.2, 0) is 9.53 Å². The maximum Gasteiger partial charge on any atom is 0.245 e. The molecule has 0 bridgehead atoms. The first-order valence-electron chi connectivity index (χ1n) is 2.84. The molecule has 0 saturated heterocycles. The monoisotopic (exact) mass is 136 g/mol. The van der Waals surface area contributed by atoms with E-state index in [1.807, 2.05) is 0 Å². The Bertz CT molecular complexity index is 275. The first-order valence-corrected chi connectivity index (χ1v) is 2.84. The van der Waals surface area contributed by atoms with Gasteiger partial charge in [-0.2, -0.15) is 0 Å². The highest BCUT2D eigenvalue weighted by Gasteiger charge is 2.24. The minimum absolute atomic E-state index is 0.123. The topological polar surface area (TPSA) is 51.0 Å². The van der Waals surface area contributed by atoms with Crippen LogP contribution in [0.5, 0.6) is 0 Å². The predicted molar refractivity (Wildman–Crippen MR) is 35.0 cm³/mol. The Labute approximate surface area is 56.9 Å². The van der Waals surface area contributed by atoms with Crippen LogP contribution >= 0.6 is 0 Å². The minimum atomic E-state index is -0.123. The molecule has 0 saturated carbocycles. The van der Waals surface area contributed by atoms with Crippen LogP contribution in [-0.4, -0.2) is 24.1 Å². The van der Waals surface area contributed by atoms with E-state index >= 15 is 0 Å². The van der Waals surface area contributed by atoms with Crippen LogP contribution in [0.1, 0.15) is 0 Å². The van der Waals surface area contributed by atoms with Crippen molar-refractivity contribution < 1.29 is 9.53 Å². The molecule has 50 valence electrons. The molecule has 4 heteroatoms. The third kappa shape index (κ3) is 0.586. The van der Waals surface area contributed by atoms with Crippen molar-refractivity contribution in [2.75, 3.05) is 6.73 Å². The number of ether oxygens (including phenoxy) is 1. The highest BCUT2D eigenvalue weighted by molar-refractivity contribution is 6.69. The van der Waals surface area contributed by atoms with Crippen LogP contribution in [0.3, 0.4) is 0 Å². The van der Waals surface area contributed by atoms with Crippen molar-refractivity contribution in [3.63, 3.8) is 0 Å². The summed E-state index contributed by atoms with van der Waals surface area (Å²) in [4.78, 5) is 18.5. The molecule has 0 atom stereocenters. The number of allylic oxidation sites excluding steroid dienone is 1. The van der Waals surface area contributed by atoms with Crippen molar-refractivity contribution in [3.8, 4) is 0 Å². The van der Waals surface area contributed by atoms with Gasteiger partial charge in [-0.1, -0.05) is 0 Å². The van der Waals surface area contributed by atoms with Gasteiger partial charge in [-0.3, -0.25) is 4.79 Å². The second-order valence-electron chi connectivity index (χ2n) is 1.89. The third-order valence-corrected chi connectivity index (χ3v) is 1.28. The summed E-state index contributed by atoms with van der Waals surface area (Å²) < 4.78 is 4.90. The number of hydrogen-bond acceptors (Lipinski definition) is 4. The number of nitrogens with zero attached hydrogens (tertiary/aromatic N) is 2. The molecule has 0 radical (unpaired) electrons. The van der Waals surface area contributed by atoms with Gasteiger partial charge in [0.05, 0.1) is 0 Å². The Morgan fingerprint density at radius 3 is 3.30 bits per heavy atom. The number of carbonyl (C=O) groups is 1. The van der Waals surface area contributed by atoms with Crippen LogP contribution in [0.2, 0.25) is 0 Å². The van der Waals surface area contributed by atoms with E-state index in [1.165, 1.54) is 12.3 Å². The molecule has 0 aliphatic carbocycles. The first-order chi connectivity index (χ1) is 4.88. The lowest BCUT2D eigenvalue weighted by atomic mass is 10.2. The summed E-state index contributed by atoms with van der Waals surface area (Å²) in [7, 11) is 0. The van der Waals surface area contributed by atoms with Crippen molar-refractivity contribution >= 4 is 17.4 Å². The zero-order valence-electron chi connectivity index (χ0n) is 5.07. The molecule has 0 N–H and O–H groups in total. The van der Waals surface area contributed by atoms with Gasteiger partial charge < -0.3 is 4.74 Å². The van der Waals surface area contributed by atoms with Gasteiger partial charge in [0, 0.05) is 12.3 Å². The number of rotatable bonds is 0. The van der Waals surface area contributed by atoms with E-state index in [0.717, 1.165) is 0 Å². The fourth-order valence-corrected chi connectivity index (χ4v) is 0.827. The summed E-state index contributed by atoms with van der Waals surface area (Å²) in [5.74, 6) is 0.231. The summed E-state index contributed by atoms with van der Waals surface area (Å²) in [6.07, 6.45) is 2.79. The molecule has 2 rings (SSSR count). The summed E-state index contributed by atoms with van der Waals surface area (Å²) in [5.41, 5.74) is 0.350. The average molecular weight is 136 g/mol. The quantitative estimate of drug-likeness (QED) is 0.467. The van der Waals surface area contributed by atoms with E-state index in [9.17, 15) is 4.79 Å². The molecule has 2 heterocycles. The normalized spacial score (nSPS) is 21.4. The van der Waals surface area contributed by atoms with Gasteiger partial charge in [0.25, 0.3) is 0 Å². The fraction of sp³-hybridized carbons (Fsp3) is 0.167. The average Bonchev–Trinajstić information content (AvgIpc) is 2.36. The maximum absolute atomic E-state index is 10.9. The molecular weight excluding hydrogens is 132 g/mol. The Balaban J connectivity index is 2.48. The molecule has 4 nitrogen and oxygen atoms in total. The lowest BCUT2D eigenvalue weighted by Gasteiger charge is -1.99. The molecule has 0 unspecified atom stereocenters. The third-order valence-electron chi connectivity index (χ3n) is 1.28. The summed E-state index contributed by atoms with van der Waals surface area (Å²) in [5, 5.41) is 0. The predicted octanol–water partition coefficient (Wildman–Crippen LogP) is -0.0900. The number of aliphatic imine (C=N–C) groups is 2. The molecule has 0 aromatic rings. The zero-order valence-corrected chi connectivity index (χ0v) is 5.07. The van der Waals surface area contributed by atoms with Gasteiger partial charge in [0.15, 0.2) is 12.4 Å². The van der Waals surface area contributed by atoms with Crippen molar-refractivity contribution in [1.82, 2.24) is 0 Å². The molecule has 2 aliphatic heterocycles. The van der Waals surface area contributed by atoms with Gasteiger partial charge in [-0.05, 0) is 0 Å². The van der Waals surface area contributed by atoms with Gasteiger partial charge >= 0.3 is 0 Å². The van der Waals surface area contributed by atoms with Crippen LogP contribution in [0.4, 0.5) is 0 Å². The fourth-order valence-electron chi connectivity index (χ4n) is 0.827. The van der Waals surface area contributed by atoms with Crippen molar-refractivity contribution in [1.29, 1.82) is 0 Å². The van der Waals surface area contributed by atoms with Gasteiger partial charge in [0.2, 0.25) is 11.7 Å². The first kappa shape index (κ1) is 5.34. The largest absolute Gasteiger partial charge is 0.453 e. The Morgan fingerprint density at radius 1 is 1.60 bits per heavy atom. The second kappa shape index (κ2) is 1.76. The van der Waals surface area contributed by atoms with Crippen LogP contribution in [0.25, 0.3) is 0 Å². The van der Waals surface area contributed by atoms with Gasteiger partial charge in [-0.25, -0.2) is 9.98 Å². The van der Waals surface area contributed by atoms with E-state index in [0.29, 0.717) is 11.6 Å². The number of carbonyl (C=O) groups excluding carboxylic acids is 1. The lowest BCUT2D eigenvalue weighted by molar-refractivity contribution is -0.108. The molecule has 0 fully saturated rings. The zero-order chi connectivity index (χ0) is 6.97. The van der Waals surface area contributed by atoms with E-state index in [4.69, 9.17) is 4.74 Å². The van der Waals surface area contributed by atoms with E-state index < -0.39 is 0 Å². The molecule has 0 aromatic heterocycles. The Hall–Kier alpha value is -1.45. The molecule has 10 heavy (non-hydrogen) atoms. The van der Waals surface area contributed by atoms with Crippen LogP contribution in [0, 0.1) is 0 Å². The molecule has 0 amide bonds. The molecule has 2 aliphatic rings. The number of fused-ring (bicyclic) bond motifs is 1. The van der Waals surface area contributed by atoms with Gasteiger partial charge in [0.1, 0.15) is 0 Å². The standard InChI is InChI=1S/C6H4N2O2/c9-4-1-2-7-6-5(4)8-3-10-6/h1-2H,3H2. The highest BCUT2D eigenvalue weighted by atomic mass is 16.5. The molecular formula is C6H4N2O2. The van der Waals surface area contributed by atoms with E-state index in [1.54, 1.807) is 0 Å². The van der Waals surface area contributed by atoms with E-state index in [-0.39, 0.29) is 12.5 Å². The highest BCUT2D eigenvalue weighted by Crippen LogP contribution is 2.05. The Morgan fingerprint density at radius 2 is 2.50 bits per heavy atom. The number of hydrogen-bond donors (Lipinski definition) is 0. The second-order valence-corrected chi connectivity index (χ2v) is 1.89. The van der Waals surface area contributed by atoms with Crippen molar-refractivity contribution in [2.45, 2.75) is 0 Å². The number of ketones is 1. The van der Waals surface area contributed by atoms with E-state index in [2.05, 4.69) is 9.98 Å². The summed E-state index contributed by atoms with van der Waals surface area (Å²) in [6.45, 7) is 0.224. The molecule has 0 aromatic carbocycles.